The second-order valence-electron chi connectivity index (χ2n) is 5.34. The quantitative estimate of drug-likeness (QED) is 0.792. The van der Waals surface area contributed by atoms with Gasteiger partial charge in [-0.3, -0.25) is 0 Å². The lowest BCUT2D eigenvalue weighted by Crippen LogP contribution is -2.25. The van der Waals surface area contributed by atoms with E-state index in [0.717, 1.165) is 22.4 Å². The van der Waals surface area contributed by atoms with Crippen LogP contribution in [0, 0.1) is 0 Å². The molecule has 1 aliphatic rings. The molecule has 0 radical (unpaired) electrons. The molecular formula is C16H15ClN2O3S. The Morgan fingerprint density at radius 2 is 1.96 bits per heavy atom. The highest BCUT2D eigenvalue weighted by Crippen LogP contribution is 2.29. The zero-order valence-corrected chi connectivity index (χ0v) is 13.6. The molecule has 0 bridgehead atoms. The Labute approximate surface area is 139 Å². The number of anilines is 1. The van der Waals surface area contributed by atoms with Crippen LogP contribution in [0.2, 0.25) is 5.02 Å². The Kier molecular flexibility index (Phi) is 4.16. The van der Waals surface area contributed by atoms with Gasteiger partial charge in [0.05, 0.1) is 5.02 Å². The average Bonchev–Trinajstić information content (AvgIpc) is 2.47. The van der Waals surface area contributed by atoms with Gasteiger partial charge in [0.1, 0.15) is 11.1 Å². The second-order valence-corrected chi connectivity index (χ2v) is 7.28. The molecule has 4 N–H and O–H groups in total. The minimum atomic E-state index is -3.84. The topological polar surface area (TPSA) is 92.4 Å². The molecule has 0 saturated heterocycles. The van der Waals surface area contributed by atoms with Gasteiger partial charge in [-0.15, -0.1) is 0 Å². The molecule has 1 heterocycles. The van der Waals surface area contributed by atoms with E-state index in [4.69, 9.17) is 16.7 Å². The number of hydrogen-bond acceptors (Lipinski definition) is 4. The first-order valence-electron chi connectivity index (χ1n) is 6.90. The van der Waals surface area contributed by atoms with Crippen LogP contribution in [-0.4, -0.2) is 19.8 Å². The number of rotatable bonds is 3. The molecule has 0 aromatic heterocycles. The van der Waals surface area contributed by atoms with Crippen LogP contribution in [-0.2, 0) is 16.4 Å². The van der Waals surface area contributed by atoms with Crippen LogP contribution in [0.4, 0.5) is 5.69 Å². The molecule has 0 spiro atoms. The van der Waals surface area contributed by atoms with Crippen molar-refractivity contribution in [3.63, 3.8) is 0 Å². The molecule has 2 aromatic carbocycles. The highest BCUT2D eigenvalue weighted by Gasteiger charge is 2.19. The summed E-state index contributed by atoms with van der Waals surface area (Å²) in [5.74, 6) is 0. The third-order valence-electron chi connectivity index (χ3n) is 3.66. The van der Waals surface area contributed by atoms with Gasteiger partial charge < -0.3 is 10.4 Å². The van der Waals surface area contributed by atoms with Gasteiger partial charge in [0.2, 0.25) is 10.0 Å². The van der Waals surface area contributed by atoms with Crippen LogP contribution >= 0.6 is 11.6 Å². The number of aliphatic hydroxyl groups is 1. The number of aliphatic hydroxyl groups excluding tert-OH is 1. The van der Waals surface area contributed by atoms with Gasteiger partial charge in [-0.05, 0) is 47.4 Å². The molecule has 120 valence electrons. The normalized spacial score (nSPS) is 17.2. The molecule has 0 saturated carbocycles. The summed E-state index contributed by atoms with van der Waals surface area (Å²) in [4.78, 5) is -0.107. The minimum Gasteiger partial charge on any atom is -0.370 e. The van der Waals surface area contributed by atoms with Crippen molar-refractivity contribution in [1.82, 2.24) is 0 Å². The smallest absolute Gasteiger partial charge is 0.239 e. The molecule has 0 aliphatic carbocycles. The van der Waals surface area contributed by atoms with E-state index in [-0.39, 0.29) is 9.92 Å². The second kappa shape index (κ2) is 5.98. The predicted octanol–water partition coefficient (Wildman–Crippen LogP) is 2.36. The molecule has 0 fully saturated rings. The van der Waals surface area contributed by atoms with E-state index in [0.29, 0.717) is 6.42 Å². The van der Waals surface area contributed by atoms with Crippen LogP contribution in [0.25, 0.3) is 6.08 Å². The fourth-order valence-electron chi connectivity index (χ4n) is 2.54. The molecule has 23 heavy (non-hydrogen) atoms. The van der Waals surface area contributed by atoms with E-state index in [9.17, 15) is 13.5 Å². The molecule has 7 heteroatoms. The van der Waals surface area contributed by atoms with Gasteiger partial charge >= 0.3 is 0 Å². The number of para-hydroxylation sites is 1. The first kappa shape index (κ1) is 16.0. The number of primary sulfonamides is 1. The number of halogens is 1. The lowest BCUT2D eigenvalue weighted by molar-refractivity contribution is 0.237. The molecule has 5 nitrogen and oxygen atoms in total. The van der Waals surface area contributed by atoms with E-state index in [2.05, 4.69) is 5.32 Å². The molecule has 1 atom stereocenters. The van der Waals surface area contributed by atoms with Crippen LogP contribution in [0.1, 0.15) is 11.1 Å². The summed E-state index contributed by atoms with van der Waals surface area (Å²) in [6.07, 6.45) is 1.55. The molecule has 3 rings (SSSR count). The maximum absolute atomic E-state index is 11.4. The summed E-state index contributed by atoms with van der Waals surface area (Å²) in [6, 6.07) is 12.2. The van der Waals surface area contributed by atoms with Crippen LogP contribution in [0.3, 0.4) is 0 Å². The average molecular weight is 351 g/mol. The van der Waals surface area contributed by atoms with Crippen LogP contribution in [0.5, 0.6) is 0 Å². The Balaban J connectivity index is 1.91. The van der Waals surface area contributed by atoms with E-state index in [1.807, 2.05) is 30.3 Å². The Morgan fingerprint density at radius 1 is 1.22 bits per heavy atom. The maximum atomic E-state index is 11.4. The van der Waals surface area contributed by atoms with Gasteiger partial charge in [0, 0.05) is 5.69 Å². The maximum Gasteiger partial charge on any atom is 0.239 e. The number of nitrogens with one attached hydrogen (secondary N) is 1. The number of hydrogen-bond donors (Lipinski definition) is 3. The summed E-state index contributed by atoms with van der Waals surface area (Å²) in [7, 11) is -3.84. The first-order chi connectivity index (χ1) is 10.8. The van der Waals surface area contributed by atoms with Gasteiger partial charge in [-0.2, -0.15) is 0 Å². The standard InChI is InChI=1S/C16H15ClN2O3S/c17-13-8-10(5-6-15(13)23(18,21)22)7-12-9-11-3-1-2-4-14(11)19-16(12)20/h1-6,8-9,16,19-20H,7H2,(H2,18,21,22). The third kappa shape index (κ3) is 3.40. The van der Waals surface area contributed by atoms with Crippen LogP contribution in [0.15, 0.2) is 52.9 Å². The van der Waals surface area contributed by atoms with Crippen molar-refractivity contribution in [2.75, 3.05) is 5.32 Å². The Bertz CT molecular complexity index is 894. The van der Waals surface area contributed by atoms with E-state index < -0.39 is 16.3 Å². The van der Waals surface area contributed by atoms with Crippen molar-refractivity contribution in [3.05, 3.63) is 64.2 Å². The largest absolute Gasteiger partial charge is 0.370 e. The molecule has 2 aromatic rings. The van der Waals surface area contributed by atoms with Crippen molar-refractivity contribution in [1.29, 1.82) is 0 Å². The lowest BCUT2D eigenvalue weighted by Gasteiger charge is -2.24. The molecule has 0 amide bonds. The number of benzene rings is 2. The minimum absolute atomic E-state index is 0.0734. The van der Waals surface area contributed by atoms with E-state index in [1.54, 1.807) is 12.1 Å². The van der Waals surface area contributed by atoms with Crippen molar-refractivity contribution >= 4 is 33.4 Å². The summed E-state index contributed by atoms with van der Waals surface area (Å²) in [6.45, 7) is 0. The van der Waals surface area contributed by atoms with Gasteiger partial charge in [-0.1, -0.05) is 35.9 Å². The zero-order chi connectivity index (χ0) is 16.6. The number of nitrogens with two attached hydrogens (primary N) is 1. The van der Waals surface area contributed by atoms with Gasteiger partial charge in [0.25, 0.3) is 0 Å². The Hall–Kier alpha value is -1.86. The van der Waals surface area contributed by atoms with Gasteiger partial charge in [0.15, 0.2) is 0 Å². The van der Waals surface area contributed by atoms with Crippen LogP contribution < -0.4 is 10.5 Å². The highest BCUT2D eigenvalue weighted by atomic mass is 35.5. The van der Waals surface area contributed by atoms with Crippen molar-refractivity contribution in [3.8, 4) is 0 Å². The lowest BCUT2D eigenvalue weighted by atomic mass is 9.97. The molecule has 1 aliphatic heterocycles. The van der Waals surface area contributed by atoms with Crippen molar-refractivity contribution < 1.29 is 13.5 Å². The van der Waals surface area contributed by atoms with E-state index >= 15 is 0 Å². The summed E-state index contributed by atoms with van der Waals surface area (Å²) < 4.78 is 22.8. The highest BCUT2D eigenvalue weighted by molar-refractivity contribution is 7.89. The van der Waals surface area contributed by atoms with Crippen molar-refractivity contribution in [2.24, 2.45) is 5.14 Å². The summed E-state index contributed by atoms with van der Waals surface area (Å²) in [5.41, 5.74) is 3.41. The molecule has 1 unspecified atom stereocenters. The SMILES string of the molecule is NS(=O)(=O)c1ccc(CC2=Cc3ccccc3NC2O)cc1Cl. The fourth-order valence-corrected chi connectivity index (χ4v) is 3.66. The third-order valence-corrected chi connectivity index (χ3v) is 5.05. The first-order valence-corrected chi connectivity index (χ1v) is 8.82. The molecular weight excluding hydrogens is 336 g/mol. The van der Waals surface area contributed by atoms with Gasteiger partial charge in [-0.25, -0.2) is 13.6 Å². The van der Waals surface area contributed by atoms with Crippen molar-refractivity contribution in [2.45, 2.75) is 17.5 Å². The summed E-state index contributed by atoms with van der Waals surface area (Å²) >= 11 is 5.99. The summed E-state index contributed by atoms with van der Waals surface area (Å²) in [5, 5.41) is 18.4. The number of sulfonamides is 1. The monoisotopic (exact) mass is 350 g/mol. The number of fused-ring (bicyclic) bond motifs is 1. The predicted molar refractivity (Wildman–Crippen MR) is 90.6 cm³/mol. The Morgan fingerprint density at radius 3 is 2.65 bits per heavy atom. The zero-order valence-electron chi connectivity index (χ0n) is 12.0. The fraction of sp³-hybridized carbons (Fsp3) is 0.125. The van der Waals surface area contributed by atoms with E-state index in [1.165, 1.54) is 6.07 Å².